The number of furan rings is 1. The maximum Gasteiger partial charge on any atom is 0.342 e. The summed E-state index contributed by atoms with van der Waals surface area (Å²) in [6.07, 6.45) is -9.48. The molecule has 0 radical (unpaired) electrons. The van der Waals surface area contributed by atoms with E-state index in [1.807, 2.05) is 0 Å². The molecule has 7 N–H and O–H groups in total. The first-order valence-electron chi connectivity index (χ1n) is 8.22. The fourth-order valence-electron chi connectivity index (χ4n) is 2.74. The fourth-order valence-corrected chi connectivity index (χ4v) is 2.74. The topological polar surface area (TPSA) is 190 Å². The zero-order chi connectivity index (χ0) is 20.3. The van der Waals surface area contributed by atoms with Crippen molar-refractivity contribution in [2.24, 2.45) is 0 Å². The Morgan fingerprint density at radius 3 is 2.56 bits per heavy atom. The summed E-state index contributed by atoms with van der Waals surface area (Å²) >= 11 is 0. The fraction of sp³-hybridized carbons (Fsp3) is 0.625. The third-order valence-electron chi connectivity index (χ3n) is 4.39. The molecule has 2 rings (SSSR count). The highest BCUT2D eigenvalue weighted by molar-refractivity contribution is 5.91. The number of carbonyl (C=O) groups is 2. The van der Waals surface area contributed by atoms with Gasteiger partial charge < -0.3 is 45.1 Å². The third kappa shape index (κ3) is 4.52. The average Bonchev–Trinajstić information content (AvgIpc) is 3.20. The highest BCUT2D eigenvalue weighted by atomic mass is 16.6. The quantitative estimate of drug-likeness (QED) is 0.175. The van der Waals surface area contributed by atoms with Gasteiger partial charge in [0.25, 0.3) is 0 Å². The van der Waals surface area contributed by atoms with Gasteiger partial charge in [0.05, 0.1) is 18.8 Å². The van der Waals surface area contributed by atoms with Crippen molar-refractivity contribution in [1.29, 1.82) is 0 Å². The number of nitrogens with one attached hydrogen (secondary N) is 1. The summed E-state index contributed by atoms with van der Waals surface area (Å²) in [5.74, 6) is -0.764. The Morgan fingerprint density at radius 1 is 1.37 bits per heavy atom. The van der Waals surface area contributed by atoms with Gasteiger partial charge in [-0.1, -0.05) is 0 Å². The number of carbonyl (C=O) groups excluding carboxylic acids is 2. The average molecular weight is 389 g/mol. The number of hydrogen-bond donors (Lipinski definition) is 7. The van der Waals surface area contributed by atoms with Crippen LogP contribution in [0.2, 0.25) is 0 Å². The molecule has 0 aromatic carbocycles. The van der Waals surface area contributed by atoms with Gasteiger partial charge in [0, 0.05) is 6.54 Å². The minimum Gasteiger partial charge on any atom is -0.464 e. The molecule has 11 nitrogen and oxygen atoms in total. The molecule has 0 amide bonds. The summed E-state index contributed by atoms with van der Waals surface area (Å²) in [5, 5.41) is 59.9. The van der Waals surface area contributed by atoms with Gasteiger partial charge in [0.2, 0.25) is 0 Å². The van der Waals surface area contributed by atoms with E-state index in [-0.39, 0.29) is 29.9 Å². The molecule has 0 bridgehead atoms. The van der Waals surface area contributed by atoms with E-state index in [0.29, 0.717) is 0 Å². The van der Waals surface area contributed by atoms with Gasteiger partial charge in [0.1, 0.15) is 41.5 Å². The molecular formula is C16H23NO10. The van der Waals surface area contributed by atoms with Crippen LogP contribution in [0, 0.1) is 6.92 Å². The largest absolute Gasteiger partial charge is 0.464 e. The molecule has 2 heterocycles. The third-order valence-corrected chi connectivity index (χ3v) is 4.39. The normalized spacial score (nSPS) is 27.0. The molecule has 27 heavy (non-hydrogen) atoms. The van der Waals surface area contributed by atoms with E-state index in [1.54, 1.807) is 0 Å². The predicted molar refractivity (Wildman–Crippen MR) is 86.6 cm³/mol. The smallest absolute Gasteiger partial charge is 0.342 e. The van der Waals surface area contributed by atoms with Crippen molar-refractivity contribution >= 4 is 12.3 Å². The van der Waals surface area contributed by atoms with Crippen LogP contribution >= 0.6 is 0 Å². The number of aliphatic hydroxyl groups excluding tert-OH is 6. The van der Waals surface area contributed by atoms with Crippen LogP contribution in [-0.4, -0.2) is 92.7 Å². The molecule has 0 spiro atoms. The Balaban J connectivity index is 2.12. The SMILES string of the molecule is Cc1oc([C@@H]2NC[C@@H](O)[C@H]2O)cc1C(=O)O[C@@H](C=O)[C@@H](O)[C@H](O)[C@H](O)CO. The number of aldehydes is 1. The Hall–Kier alpha value is -1.86. The molecule has 1 aromatic rings. The van der Waals surface area contributed by atoms with E-state index >= 15 is 0 Å². The number of aliphatic hydroxyl groups is 6. The monoisotopic (exact) mass is 389 g/mol. The van der Waals surface area contributed by atoms with E-state index < -0.39 is 55.2 Å². The van der Waals surface area contributed by atoms with Gasteiger partial charge in [0.15, 0.2) is 12.4 Å². The highest BCUT2D eigenvalue weighted by Gasteiger charge is 2.38. The Kier molecular flexibility index (Phi) is 7.06. The van der Waals surface area contributed by atoms with Crippen molar-refractivity contribution < 1.29 is 49.4 Å². The van der Waals surface area contributed by atoms with E-state index in [1.165, 1.54) is 13.0 Å². The molecule has 1 saturated heterocycles. The minimum absolute atomic E-state index is 0.0743. The second-order valence-corrected chi connectivity index (χ2v) is 6.30. The molecule has 152 valence electrons. The van der Waals surface area contributed by atoms with E-state index in [4.69, 9.17) is 14.3 Å². The molecule has 0 saturated carbocycles. The lowest BCUT2D eigenvalue weighted by Crippen LogP contribution is -2.48. The lowest BCUT2D eigenvalue weighted by molar-refractivity contribution is -0.138. The van der Waals surface area contributed by atoms with Crippen LogP contribution < -0.4 is 5.32 Å². The van der Waals surface area contributed by atoms with Crippen LogP contribution in [0.4, 0.5) is 0 Å². The summed E-state index contributed by atoms with van der Waals surface area (Å²) in [5.41, 5.74) is -0.0864. The lowest BCUT2D eigenvalue weighted by Gasteiger charge is -2.25. The Labute approximate surface area is 153 Å². The molecular weight excluding hydrogens is 366 g/mol. The number of aryl methyl sites for hydroxylation is 1. The van der Waals surface area contributed by atoms with Gasteiger partial charge in [-0.25, -0.2) is 4.79 Å². The molecule has 1 aliphatic heterocycles. The van der Waals surface area contributed by atoms with Crippen LogP contribution in [-0.2, 0) is 9.53 Å². The van der Waals surface area contributed by atoms with Gasteiger partial charge in [-0.05, 0) is 13.0 Å². The summed E-state index contributed by atoms with van der Waals surface area (Å²) in [6, 6.07) is 0.526. The van der Waals surface area contributed by atoms with Crippen LogP contribution in [0.15, 0.2) is 10.5 Å². The Bertz CT molecular complexity index is 662. The van der Waals surface area contributed by atoms with E-state index in [0.717, 1.165) is 0 Å². The molecule has 0 aliphatic carbocycles. The standard InChI is InChI=1S/C16H23NO10/c1-6-7(2-10(26-6)12-13(22)8(20)3-17-12)16(25)27-11(5-19)15(24)14(23)9(21)4-18/h2,5,8-9,11-15,17-18,20-24H,3-4H2,1H3/t8-,9-,11+,12+,13-,14-,15-/m1/s1. The second kappa shape index (κ2) is 8.89. The first-order chi connectivity index (χ1) is 12.7. The van der Waals surface area contributed by atoms with Gasteiger partial charge in [-0.3, -0.25) is 4.79 Å². The number of hydrogen-bond acceptors (Lipinski definition) is 11. The summed E-state index contributed by atoms with van der Waals surface area (Å²) in [7, 11) is 0. The van der Waals surface area contributed by atoms with Crippen LogP contribution in [0.1, 0.15) is 27.9 Å². The molecule has 11 heteroatoms. The van der Waals surface area contributed by atoms with Crippen LogP contribution in [0.25, 0.3) is 0 Å². The Morgan fingerprint density at radius 2 is 2.04 bits per heavy atom. The zero-order valence-electron chi connectivity index (χ0n) is 14.4. The number of ether oxygens (including phenoxy) is 1. The van der Waals surface area contributed by atoms with Crippen LogP contribution in [0.5, 0.6) is 0 Å². The second-order valence-electron chi connectivity index (χ2n) is 6.30. The van der Waals surface area contributed by atoms with Crippen LogP contribution in [0.3, 0.4) is 0 Å². The van der Waals surface area contributed by atoms with Crippen molar-refractivity contribution in [3.05, 3.63) is 23.2 Å². The highest BCUT2D eigenvalue weighted by Crippen LogP contribution is 2.28. The van der Waals surface area contributed by atoms with Crippen molar-refractivity contribution in [3.8, 4) is 0 Å². The predicted octanol–water partition coefficient (Wildman–Crippen LogP) is -3.25. The molecule has 1 aromatic heterocycles. The maximum absolute atomic E-state index is 12.3. The minimum atomic E-state index is -1.96. The molecule has 7 atom stereocenters. The van der Waals surface area contributed by atoms with Gasteiger partial charge in [-0.15, -0.1) is 0 Å². The summed E-state index contributed by atoms with van der Waals surface area (Å²) < 4.78 is 10.3. The number of rotatable bonds is 8. The number of esters is 1. The van der Waals surface area contributed by atoms with E-state index in [9.17, 15) is 35.1 Å². The van der Waals surface area contributed by atoms with Gasteiger partial charge >= 0.3 is 5.97 Å². The van der Waals surface area contributed by atoms with E-state index in [2.05, 4.69) is 5.32 Å². The van der Waals surface area contributed by atoms with Crippen molar-refractivity contribution in [3.63, 3.8) is 0 Å². The molecule has 1 aliphatic rings. The maximum atomic E-state index is 12.3. The first-order valence-corrected chi connectivity index (χ1v) is 8.22. The van der Waals surface area contributed by atoms with Gasteiger partial charge in [-0.2, -0.15) is 0 Å². The number of β-amino-alcohol motifs (C(OH)–C–C–N with tert-alkyl or cyclic N) is 1. The molecule has 1 fully saturated rings. The lowest BCUT2D eigenvalue weighted by atomic mass is 10.0. The van der Waals surface area contributed by atoms with Crippen molar-refractivity contribution in [2.75, 3.05) is 13.2 Å². The summed E-state index contributed by atoms with van der Waals surface area (Å²) in [6.45, 7) is 0.703. The summed E-state index contributed by atoms with van der Waals surface area (Å²) in [4.78, 5) is 23.4. The van der Waals surface area contributed by atoms with Crippen molar-refractivity contribution in [2.45, 2.75) is 49.6 Å². The zero-order valence-corrected chi connectivity index (χ0v) is 14.4. The van der Waals surface area contributed by atoms with Crippen molar-refractivity contribution in [1.82, 2.24) is 5.32 Å². The first kappa shape index (κ1) is 21.4. The molecule has 0 unspecified atom stereocenters.